The number of fused-ring (bicyclic) bond motifs is 1. The van der Waals surface area contributed by atoms with Crippen molar-refractivity contribution in [1.82, 2.24) is 19.5 Å². The first-order valence-corrected chi connectivity index (χ1v) is 14.3. The number of urea groups is 1. The third-order valence-electron chi connectivity index (χ3n) is 6.95. The van der Waals surface area contributed by atoms with Gasteiger partial charge in [-0.05, 0) is 49.6 Å². The molecule has 0 radical (unpaired) electrons. The number of hydrogen-bond donors (Lipinski definition) is 2. The Kier molecular flexibility index (Phi) is 7.31. The van der Waals surface area contributed by atoms with Gasteiger partial charge in [0.25, 0.3) is 15.9 Å². The van der Waals surface area contributed by atoms with Crippen LogP contribution < -0.4 is 16.0 Å². The molecular formula is C26H29ClN6O4S. The van der Waals surface area contributed by atoms with Gasteiger partial charge in [0, 0.05) is 54.9 Å². The fourth-order valence-electron chi connectivity index (χ4n) is 4.96. The summed E-state index contributed by atoms with van der Waals surface area (Å²) in [5.41, 5.74) is 7.66. The monoisotopic (exact) mass is 556 g/mol. The summed E-state index contributed by atoms with van der Waals surface area (Å²) in [4.78, 5) is 34.6. The molecule has 3 amide bonds. The van der Waals surface area contributed by atoms with Crippen molar-refractivity contribution in [3.63, 3.8) is 0 Å². The number of nitrogens with one attached hydrogen (secondary N) is 1. The molecule has 10 nitrogen and oxygen atoms in total. The molecule has 1 atom stereocenters. The van der Waals surface area contributed by atoms with E-state index in [-0.39, 0.29) is 17.5 Å². The number of rotatable bonds is 4. The van der Waals surface area contributed by atoms with Gasteiger partial charge in [-0.1, -0.05) is 29.8 Å². The van der Waals surface area contributed by atoms with Crippen LogP contribution in [-0.2, 0) is 14.8 Å². The number of benzene rings is 2. The minimum atomic E-state index is -4.00. The van der Waals surface area contributed by atoms with Crippen molar-refractivity contribution < 1.29 is 18.0 Å². The number of anilines is 2. The molecule has 200 valence electrons. The van der Waals surface area contributed by atoms with E-state index in [0.29, 0.717) is 61.8 Å². The number of sulfonamides is 1. The second-order valence-electron chi connectivity index (χ2n) is 9.43. The van der Waals surface area contributed by atoms with Crippen molar-refractivity contribution in [3.8, 4) is 0 Å². The predicted octanol–water partition coefficient (Wildman–Crippen LogP) is 3.07. The lowest BCUT2D eigenvalue weighted by Crippen LogP contribution is -2.56. The highest BCUT2D eigenvalue weighted by molar-refractivity contribution is 7.89. The van der Waals surface area contributed by atoms with E-state index in [0.717, 1.165) is 15.4 Å². The van der Waals surface area contributed by atoms with Crippen LogP contribution in [0.4, 0.5) is 16.3 Å². The highest BCUT2D eigenvalue weighted by atomic mass is 35.5. The highest BCUT2D eigenvalue weighted by Gasteiger charge is 2.37. The number of aromatic nitrogens is 1. The third-order valence-corrected chi connectivity index (χ3v) is 9.00. The molecule has 0 spiro atoms. The van der Waals surface area contributed by atoms with Crippen molar-refractivity contribution in [2.24, 2.45) is 0 Å². The summed E-state index contributed by atoms with van der Waals surface area (Å²) in [6, 6.07) is 13.9. The molecule has 3 heterocycles. The lowest BCUT2D eigenvalue weighted by molar-refractivity contribution is -0.128. The summed E-state index contributed by atoms with van der Waals surface area (Å²) in [6.45, 7) is 2.06. The minimum absolute atomic E-state index is 0.0583. The van der Waals surface area contributed by atoms with Gasteiger partial charge in [0.1, 0.15) is 11.9 Å². The first-order chi connectivity index (χ1) is 18.2. The molecule has 0 bridgehead atoms. The maximum atomic E-state index is 13.3. The van der Waals surface area contributed by atoms with E-state index in [9.17, 15) is 18.0 Å². The Bertz CT molecular complexity index is 1460. The van der Waals surface area contributed by atoms with Crippen molar-refractivity contribution >= 4 is 56.0 Å². The zero-order chi connectivity index (χ0) is 26.9. The molecule has 2 aromatic carbocycles. The Balaban J connectivity index is 1.26. The Labute approximate surface area is 226 Å². The number of amides is 3. The predicted molar refractivity (Wildman–Crippen MR) is 146 cm³/mol. The Morgan fingerprint density at radius 3 is 2.47 bits per heavy atom. The van der Waals surface area contributed by atoms with E-state index >= 15 is 0 Å². The van der Waals surface area contributed by atoms with Gasteiger partial charge in [-0.2, -0.15) is 0 Å². The van der Waals surface area contributed by atoms with Crippen molar-refractivity contribution in [3.05, 3.63) is 59.6 Å². The molecule has 2 saturated heterocycles. The minimum Gasteiger partial charge on any atom is -0.384 e. The molecule has 5 rings (SSSR count). The molecule has 1 aromatic heterocycles. The molecule has 2 fully saturated rings. The highest BCUT2D eigenvalue weighted by Crippen LogP contribution is 2.30. The van der Waals surface area contributed by atoms with E-state index in [4.69, 9.17) is 17.3 Å². The van der Waals surface area contributed by atoms with E-state index in [1.165, 1.54) is 12.1 Å². The Hall–Kier alpha value is -3.57. The van der Waals surface area contributed by atoms with Crippen LogP contribution in [0.5, 0.6) is 0 Å². The summed E-state index contributed by atoms with van der Waals surface area (Å²) in [6.07, 6.45) is 1.55. The summed E-state index contributed by atoms with van der Waals surface area (Å²) < 4.78 is 27.2. The van der Waals surface area contributed by atoms with E-state index < -0.39 is 22.0 Å². The van der Waals surface area contributed by atoms with Gasteiger partial charge in [-0.25, -0.2) is 22.5 Å². The maximum Gasteiger partial charge on any atom is 0.318 e. The zero-order valence-corrected chi connectivity index (χ0v) is 22.3. The summed E-state index contributed by atoms with van der Waals surface area (Å²) in [5.74, 6) is -0.215. The number of halogens is 1. The number of nitrogen functional groups attached to an aromatic ring is 1. The molecule has 0 saturated carbocycles. The Morgan fingerprint density at radius 2 is 1.74 bits per heavy atom. The van der Waals surface area contributed by atoms with Crippen LogP contribution in [0.25, 0.3) is 10.9 Å². The van der Waals surface area contributed by atoms with Crippen LogP contribution in [0.15, 0.2) is 59.5 Å². The molecule has 3 aromatic rings. The van der Waals surface area contributed by atoms with Crippen molar-refractivity contribution in [2.75, 3.05) is 43.4 Å². The molecule has 2 aliphatic rings. The lowest BCUT2D eigenvalue weighted by atomic mass is 10.1. The number of carbonyl (C=O) groups is 2. The molecule has 1 unspecified atom stereocenters. The fraction of sp³-hybridized carbons (Fsp3) is 0.346. The Morgan fingerprint density at radius 1 is 1.00 bits per heavy atom. The molecule has 3 N–H and O–H groups in total. The van der Waals surface area contributed by atoms with E-state index in [2.05, 4.69) is 15.2 Å². The van der Waals surface area contributed by atoms with E-state index in [1.807, 2.05) is 12.1 Å². The van der Waals surface area contributed by atoms with Crippen LogP contribution in [-0.4, -0.2) is 73.3 Å². The van der Waals surface area contributed by atoms with Crippen LogP contribution in [0.2, 0.25) is 5.02 Å². The quantitative estimate of drug-likeness (QED) is 0.505. The second kappa shape index (κ2) is 10.7. The van der Waals surface area contributed by atoms with Crippen LogP contribution in [0.1, 0.15) is 19.3 Å². The summed E-state index contributed by atoms with van der Waals surface area (Å²) in [5, 5.41) is 4.30. The maximum absolute atomic E-state index is 13.3. The van der Waals surface area contributed by atoms with Crippen LogP contribution in [0.3, 0.4) is 0 Å². The molecule has 0 aliphatic carbocycles. The third kappa shape index (κ3) is 5.21. The summed E-state index contributed by atoms with van der Waals surface area (Å²) >= 11 is 6.12. The zero-order valence-electron chi connectivity index (χ0n) is 20.7. The molecule has 2 aliphatic heterocycles. The normalized spacial score (nSPS) is 18.9. The SMILES string of the molecule is Nc1cc(N2CCN(C(=O)NC3CCCCN(S(=O)(=O)c4ccccc4)C3=O)CC2)c2ccc(Cl)cc2n1. The fourth-order valence-corrected chi connectivity index (χ4v) is 6.61. The van der Waals surface area contributed by atoms with Crippen LogP contribution in [0, 0.1) is 0 Å². The van der Waals surface area contributed by atoms with Gasteiger partial charge in [0.05, 0.1) is 10.4 Å². The average molecular weight is 557 g/mol. The van der Waals surface area contributed by atoms with Gasteiger partial charge in [0.15, 0.2) is 0 Å². The number of hydrogen-bond acceptors (Lipinski definition) is 7. The van der Waals surface area contributed by atoms with Gasteiger partial charge < -0.3 is 20.9 Å². The second-order valence-corrected chi connectivity index (χ2v) is 11.7. The smallest absolute Gasteiger partial charge is 0.318 e. The standard InChI is InChI=1S/C26H29ClN6O4S/c27-18-9-10-20-22(16-18)29-24(28)17-23(20)31-12-14-32(15-13-31)26(35)30-21-8-4-5-11-33(25(21)34)38(36,37)19-6-2-1-3-7-19/h1-3,6-7,9-10,16-17,21H,4-5,8,11-15H2,(H2,28,29)(H,30,35). The van der Waals surface area contributed by atoms with Crippen molar-refractivity contribution in [2.45, 2.75) is 30.2 Å². The largest absolute Gasteiger partial charge is 0.384 e. The van der Waals surface area contributed by atoms with Gasteiger partial charge in [-0.15, -0.1) is 0 Å². The average Bonchev–Trinajstić information content (AvgIpc) is 3.10. The number of piperazine rings is 1. The lowest BCUT2D eigenvalue weighted by Gasteiger charge is -2.37. The van der Waals surface area contributed by atoms with Gasteiger partial charge in [0.2, 0.25) is 0 Å². The summed E-state index contributed by atoms with van der Waals surface area (Å²) in [7, 11) is -4.00. The van der Waals surface area contributed by atoms with E-state index in [1.54, 1.807) is 35.2 Å². The number of nitrogens with zero attached hydrogens (tertiary/aromatic N) is 4. The topological polar surface area (TPSA) is 129 Å². The number of pyridine rings is 1. The van der Waals surface area contributed by atoms with Crippen LogP contribution >= 0.6 is 11.6 Å². The molecule has 12 heteroatoms. The van der Waals surface area contributed by atoms with Crippen molar-refractivity contribution in [1.29, 1.82) is 0 Å². The first kappa shape index (κ1) is 26.1. The van der Waals surface area contributed by atoms with Gasteiger partial charge >= 0.3 is 6.03 Å². The first-order valence-electron chi connectivity index (χ1n) is 12.5. The molecule has 38 heavy (non-hydrogen) atoms. The van der Waals surface area contributed by atoms with Gasteiger partial charge in [-0.3, -0.25) is 4.79 Å². The molecular weight excluding hydrogens is 528 g/mol. The number of nitrogens with two attached hydrogens (primary N) is 1. The number of carbonyl (C=O) groups excluding carboxylic acids is 2.